The lowest BCUT2D eigenvalue weighted by atomic mass is 9.73. The van der Waals surface area contributed by atoms with Gasteiger partial charge in [0.15, 0.2) is 0 Å². The molecule has 1 amide bonds. The van der Waals surface area contributed by atoms with Gasteiger partial charge < -0.3 is 10.0 Å². The molecule has 2 aliphatic rings. The molecule has 120 valence electrons. The summed E-state index contributed by atoms with van der Waals surface area (Å²) in [6, 6.07) is 8.00. The monoisotopic (exact) mass is 330 g/mol. The topological polar surface area (TPSA) is 70.5 Å². The number of thiazole rings is 1. The van der Waals surface area contributed by atoms with Crippen molar-refractivity contribution >= 4 is 33.4 Å². The van der Waals surface area contributed by atoms with Gasteiger partial charge in [-0.1, -0.05) is 12.1 Å². The van der Waals surface area contributed by atoms with Crippen LogP contribution in [0.3, 0.4) is 0 Å². The number of hydrogen-bond donors (Lipinski definition) is 1. The highest BCUT2D eigenvalue weighted by atomic mass is 32.1. The fraction of sp³-hybridized carbons (Fsp3) is 0.471. The minimum absolute atomic E-state index is 0.00501. The van der Waals surface area contributed by atoms with Gasteiger partial charge in [-0.25, -0.2) is 4.98 Å². The van der Waals surface area contributed by atoms with E-state index in [0.717, 1.165) is 28.1 Å². The van der Waals surface area contributed by atoms with Crippen LogP contribution in [0.2, 0.25) is 0 Å². The Bertz CT molecular complexity index is 739. The first-order valence-electron chi connectivity index (χ1n) is 8.04. The van der Waals surface area contributed by atoms with Crippen molar-refractivity contribution in [3.05, 3.63) is 29.3 Å². The van der Waals surface area contributed by atoms with Gasteiger partial charge in [-0.15, -0.1) is 11.3 Å². The molecule has 2 fully saturated rings. The number of likely N-dealkylation sites (tertiary alicyclic amines) is 1. The van der Waals surface area contributed by atoms with Gasteiger partial charge >= 0.3 is 5.97 Å². The van der Waals surface area contributed by atoms with Crippen LogP contribution in [0.1, 0.15) is 36.7 Å². The summed E-state index contributed by atoms with van der Waals surface area (Å²) in [7, 11) is 0. The average molecular weight is 330 g/mol. The first-order valence-corrected chi connectivity index (χ1v) is 8.85. The van der Waals surface area contributed by atoms with Gasteiger partial charge in [0.1, 0.15) is 5.01 Å². The number of hydrogen-bond acceptors (Lipinski definition) is 4. The second-order valence-electron chi connectivity index (χ2n) is 6.34. The zero-order valence-electron chi connectivity index (χ0n) is 12.6. The maximum atomic E-state index is 12.8. The molecule has 1 aliphatic carbocycles. The predicted molar refractivity (Wildman–Crippen MR) is 87.2 cm³/mol. The lowest BCUT2D eigenvalue weighted by molar-refractivity contribution is -0.157. The van der Waals surface area contributed by atoms with E-state index in [4.69, 9.17) is 4.98 Å². The number of fused-ring (bicyclic) bond motifs is 1. The summed E-state index contributed by atoms with van der Waals surface area (Å²) in [5.41, 5.74) is 0.971. The highest BCUT2D eigenvalue weighted by Gasteiger charge is 2.45. The van der Waals surface area contributed by atoms with E-state index < -0.39 is 11.9 Å². The third-order valence-corrected chi connectivity index (χ3v) is 6.18. The molecule has 4 rings (SSSR count). The number of benzene rings is 1. The van der Waals surface area contributed by atoms with Crippen molar-refractivity contribution in [3.8, 4) is 0 Å². The quantitative estimate of drug-likeness (QED) is 0.939. The van der Waals surface area contributed by atoms with Crippen molar-refractivity contribution in [3.63, 3.8) is 0 Å². The number of carboxylic acid groups (broad SMARTS) is 1. The number of carbonyl (C=O) groups excluding carboxylic acids is 1. The molecule has 1 N–H and O–H groups in total. The lowest BCUT2D eigenvalue weighted by Gasteiger charge is -2.36. The van der Waals surface area contributed by atoms with Gasteiger partial charge in [0, 0.05) is 6.54 Å². The Hall–Kier alpha value is -1.95. The predicted octanol–water partition coefficient (Wildman–Crippen LogP) is 3.07. The molecule has 1 aliphatic heterocycles. The van der Waals surface area contributed by atoms with Crippen LogP contribution in [0.5, 0.6) is 0 Å². The van der Waals surface area contributed by atoms with E-state index in [9.17, 15) is 14.7 Å². The Morgan fingerprint density at radius 3 is 2.65 bits per heavy atom. The number of carboxylic acids is 1. The Morgan fingerprint density at radius 2 is 1.96 bits per heavy atom. The van der Waals surface area contributed by atoms with Crippen LogP contribution in [-0.4, -0.2) is 33.4 Å². The van der Waals surface area contributed by atoms with E-state index in [0.29, 0.717) is 19.4 Å². The van der Waals surface area contributed by atoms with Crippen molar-refractivity contribution in [2.45, 2.75) is 31.7 Å². The number of nitrogens with zero attached hydrogens (tertiary/aromatic N) is 2. The molecule has 5 nitrogen and oxygen atoms in total. The largest absolute Gasteiger partial charge is 0.481 e. The molecule has 3 atom stereocenters. The Morgan fingerprint density at radius 1 is 1.17 bits per heavy atom. The zero-order valence-corrected chi connectivity index (χ0v) is 13.5. The molecule has 1 saturated carbocycles. The van der Waals surface area contributed by atoms with Gasteiger partial charge in [-0.05, 0) is 37.8 Å². The lowest BCUT2D eigenvalue weighted by Crippen LogP contribution is -2.45. The average Bonchev–Trinajstić information content (AvgIpc) is 3.11. The maximum Gasteiger partial charge on any atom is 0.307 e. The molecule has 0 radical (unpaired) electrons. The highest BCUT2D eigenvalue weighted by molar-refractivity contribution is 7.18. The van der Waals surface area contributed by atoms with E-state index in [1.54, 1.807) is 11.3 Å². The summed E-state index contributed by atoms with van der Waals surface area (Å²) in [6.07, 6.45) is 3.18. The number of carbonyl (C=O) groups is 2. The molecule has 2 heterocycles. The maximum absolute atomic E-state index is 12.8. The summed E-state index contributed by atoms with van der Waals surface area (Å²) in [4.78, 5) is 30.5. The molecule has 1 aromatic heterocycles. The number of para-hydroxylation sites is 1. The van der Waals surface area contributed by atoms with Crippen LogP contribution in [0.25, 0.3) is 10.2 Å². The highest BCUT2D eigenvalue weighted by Crippen LogP contribution is 2.41. The van der Waals surface area contributed by atoms with E-state index in [-0.39, 0.29) is 17.9 Å². The summed E-state index contributed by atoms with van der Waals surface area (Å²) < 4.78 is 1.13. The standard InChI is InChI=1S/C17H18N2O3S/c20-16(10-7-8-11(10)17(21)22)19-9-3-5-13(19)15-18-12-4-1-2-6-14(12)23-15/h1-2,4,6,10-11,13H,3,5,7-9H2,(H,21,22). The molecule has 1 aromatic carbocycles. The molecule has 3 unspecified atom stereocenters. The summed E-state index contributed by atoms with van der Waals surface area (Å²) >= 11 is 1.64. The zero-order chi connectivity index (χ0) is 16.0. The minimum Gasteiger partial charge on any atom is -0.481 e. The first kappa shape index (κ1) is 14.6. The molecular weight excluding hydrogens is 312 g/mol. The van der Waals surface area contributed by atoms with E-state index in [1.165, 1.54) is 0 Å². The molecule has 23 heavy (non-hydrogen) atoms. The Kier molecular flexibility index (Phi) is 3.56. The van der Waals surface area contributed by atoms with Gasteiger partial charge in [0.05, 0.1) is 28.1 Å². The van der Waals surface area contributed by atoms with Gasteiger partial charge in [-0.2, -0.15) is 0 Å². The molecule has 0 spiro atoms. The van der Waals surface area contributed by atoms with E-state index in [2.05, 4.69) is 0 Å². The molecular formula is C17H18N2O3S. The third-order valence-electron chi connectivity index (χ3n) is 5.04. The minimum atomic E-state index is -0.842. The van der Waals surface area contributed by atoms with Gasteiger partial charge in [0.25, 0.3) is 0 Å². The second kappa shape index (κ2) is 5.60. The van der Waals surface area contributed by atoms with Crippen LogP contribution >= 0.6 is 11.3 Å². The molecule has 6 heteroatoms. The van der Waals surface area contributed by atoms with Gasteiger partial charge in [-0.3, -0.25) is 9.59 Å². The third kappa shape index (κ3) is 2.41. The van der Waals surface area contributed by atoms with Gasteiger partial charge in [0.2, 0.25) is 5.91 Å². The van der Waals surface area contributed by atoms with E-state index >= 15 is 0 Å². The summed E-state index contributed by atoms with van der Waals surface area (Å²) in [5.74, 6) is -1.68. The van der Waals surface area contributed by atoms with Crippen LogP contribution in [0.4, 0.5) is 0 Å². The smallest absolute Gasteiger partial charge is 0.307 e. The first-order chi connectivity index (χ1) is 11.1. The molecule has 2 aromatic rings. The molecule has 0 bridgehead atoms. The SMILES string of the molecule is O=C(O)C1CCC1C(=O)N1CCCC1c1nc2ccccc2s1. The van der Waals surface area contributed by atoms with Crippen LogP contribution in [-0.2, 0) is 9.59 Å². The fourth-order valence-corrected chi connectivity index (χ4v) is 4.74. The van der Waals surface area contributed by atoms with Crippen molar-refractivity contribution in [1.29, 1.82) is 0 Å². The van der Waals surface area contributed by atoms with Crippen molar-refractivity contribution in [2.75, 3.05) is 6.54 Å². The Balaban J connectivity index is 1.59. The van der Waals surface area contributed by atoms with Crippen LogP contribution < -0.4 is 0 Å². The summed E-state index contributed by atoms with van der Waals surface area (Å²) in [6.45, 7) is 0.711. The van der Waals surface area contributed by atoms with Crippen LogP contribution in [0, 0.1) is 11.8 Å². The number of aromatic nitrogens is 1. The van der Waals surface area contributed by atoms with E-state index in [1.807, 2.05) is 29.2 Å². The second-order valence-corrected chi connectivity index (χ2v) is 7.40. The number of aliphatic carboxylic acids is 1. The number of amides is 1. The number of rotatable bonds is 3. The van der Waals surface area contributed by atoms with Crippen molar-refractivity contribution in [2.24, 2.45) is 11.8 Å². The normalized spacial score (nSPS) is 27.1. The fourth-order valence-electron chi connectivity index (χ4n) is 3.62. The van der Waals surface area contributed by atoms with Crippen LogP contribution in [0.15, 0.2) is 24.3 Å². The van der Waals surface area contributed by atoms with Crippen molar-refractivity contribution < 1.29 is 14.7 Å². The van der Waals surface area contributed by atoms with Crippen molar-refractivity contribution in [1.82, 2.24) is 9.88 Å². The molecule has 1 saturated heterocycles. The summed E-state index contributed by atoms with van der Waals surface area (Å²) in [5, 5.41) is 10.2. The Labute approximate surface area is 137 Å².